The molecule has 0 saturated carbocycles. The van der Waals surface area contributed by atoms with Crippen molar-refractivity contribution in [3.05, 3.63) is 29.8 Å². The Morgan fingerprint density at radius 2 is 2.00 bits per heavy atom. The third-order valence-corrected chi connectivity index (χ3v) is 2.47. The van der Waals surface area contributed by atoms with Gasteiger partial charge in [0.2, 0.25) is 0 Å². The first kappa shape index (κ1) is 12.0. The number of halogens is 1. The Bertz CT molecular complexity index is 346. The minimum atomic E-state index is -0.575. The SMILES string of the molecule is CC(=O)Oc1ccc(C(C)(Cl)CN)cc1. The van der Waals surface area contributed by atoms with Gasteiger partial charge in [-0.3, -0.25) is 4.79 Å². The molecule has 4 heteroatoms. The van der Waals surface area contributed by atoms with E-state index in [2.05, 4.69) is 0 Å². The first-order chi connectivity index (χ1) is 6.95. The molecule has 0 fully saturated rings. The topological polar surface area (TPSA) is 52.3 Å². The van der Waals surface area contributed by atoms with Crippen molar-refractivity contribution < 1.29 is 9.53 Å². The van der Waals surface area contributed by atoms with E-state index in [4.69, 9.17) is 22.1 Å². The molecule has 0 amide bonds. The number of benzene rings is 1. The highest BCUT2D eigenvalue weighted by molar-refractivity contribution is 6.23. The third-order valence-electron chi connectivity index (χ3n) is 2.10. The van der Waals surface area contributed by atoms with Gasteiger partial charge in [-0.2, -0.15) is 0 Å². The second-order valence-electron chi connectivity index (χ2n) is 3.52. The maximum atomic E-state index is 10.7. The lowest BCUT2D eigenvalue weighted by Gasteiger charge is -2.20. The largest absolute Gasteiger partial charge is 0.427 e. The van der Waals surface area contributed by atoms with Crippen LogP contribution in [0.25, 0.3) is 0 Å². The monoisotopic (exact) mass is 227 g/mol. The van der Waals surface area contributed by atoms with Gasteiger partial charge in [0.05, 0.1) is 4.87 Å². The molecule has 0 aliphatic carbocycles. The van der Waals surface area contributed by atoms with E-state index in [1.165, 1.54) is 6.92 Å². The van der Waals surface area contributed by atoms with Crippen molar-refractivity contribution in [1.29, 1.82) is 0 Å². The minimum absolute atomic E-state index is 0.338. The molecule has 1 unspecified atom stereocenters. The zero-order valence-corrected chi connectivity index (χ0v) is 9.54. The number of esters is 1. The standard InChI is InChI=1S/C11H14ClNO2/c1-8(14)15-10-5-3-9(4-6-10)11(2,12)7-13/h3-6H,7,13H2,1-2H3. The molecule has 3 nitrogen and oxygen atoms in total. The minimum Gasteiger partial charge on any atom is -0.427 e. The van der Waals surface area contributed by atoms with Crippen LogP contribution in [0.3, 0.4) is 0 Å². The van der Waals surface area contributed by atoms with Crippen LogP contribution >= 0.6 is 11.6 Å². The van der Waals surface area contributed by atoms with Gasteiger partial charge in [-0.1, -0.05) is 12.1 Å². The second kappa shape index (κ2) is 4.64. The molecule has 0 aliphatic rings. The normalized spacial score (nSPS) is 14.4. The zero-order chi connectivity index (χ0) is 11.5. The molecule has 0 bridgehead atoms. The molecule has 0 spiro atoms. The first-order valence-electron chi connectivity index (χ1n) is 4.63. The van der Waals surface area contributed by atoms with Gasteiger partial charge in [0.25, 0.3) is 0 Å². The van der Waals surface area contributed by atoms with Crippen LogP contribution in [0, 0.1) is 0 Å². The van der Waals surface area contributed by atoms with Crippen LogP contribution in [0.2, 0.25) is 0 Å². The lowest BCUT2D eigenvalue weighted by Crippen LogP contribution is -2.25. The molecule has 1 atom stereocenters. The van der Waals surface area contributed by atoms with Crippen molar-refractivity contribution in [3.8, 4) is 5.75 Å². The first-order valence-corrected chi connectivity index (χ1v) is 5.01. The van der Waals surface area contributed by atoms with Gasteiger partial charge < -0.3 is 10.5 Å². The maximum Gasteiger partial charge on any atom is 0.308 e. The van der Waals surface area contributed by atoms with E-state index in [0.29, 0.717) is 12.3 Å². The lowest BCUT2D eigenvalue weighted by molar-refractivity contribution is -0.131. The summed E-state index contributed by atoms with van der Waals surface area (Å²) in [5.74, 6) is 0.172. The smallest absolute Gasteiger partial charge is 0.308 e. The number of carbonyl (C=O) groups is 1. The number of rotatable bonds is 3. The molecule has 0 heterocycles. The molecule has 0 aliphatic heterocycles. The molecule has 1 aromatic carbocycles. The Kier molecular flexibility index (Phi) is 3.72. The van der Waals surface area contributed by atoms with Gasteiger partial charge in [0, 0.05) is 13.5 Å². The molecule has 2 N–H and O–H groups in total. The van der Waals surface area contributed by atoms with Gasteiger partial charge in [-0.25, -0.2) is 0 Å². The Balaban J connectivity index is 2.85. The Labute approximate surface area is 94.2 Å². The van der Waals surface area contributed by atoms with E-state index in [1.54, 1.807) is 24.3 Å². The van der Waals surface area contributed by atoms with E-state index in [1.807, 2.05) is 6.92 Å². The van der Waals surface area contributed by atoms with Crippen molar-refractivity contribution in [3.63, 3.8) is 0 Å². The third kappa shape index (κ3) is 3.22. The Hall–Kier alpha value is -1.06. The van der Waals surface area contributed by atoms with Gasteiger partial charge in [0.1, 0.15) is 5.75 Å². The van der Waals surface area contributed by atoms with E-state index in [0.717, 1.165) is 5.56 Å². The van der Waals surface area contributed by atoms with E-state index >= 15 is 0 Å². The summed E-state index contributed by atoms with van der Waals surface area (Å²) >= 11 is 6.17. The van der Waals surface area contributed by atoms with Gasteiger partial charge in [-0.15, -0.1) is 11.6 Å². The number of nitrogens with two attached hydrogens (primary N) is 1. The number of alkyl halides is 1. The fraction of sp³-hybridized carbons (Fsp3) is 0.364. The average molecular weight is 228 g/mol. The summed E-state index contributed by atoms with van der Waals surface area (Å²) in [5, 5.41) is 0. The summed E-state index contributed by atoms with van der Waals surface area (Å²) in [7, 11) is 0. The predicted octanol–water partition coefficient (Wildman–Crippen LogP) is 2.02. The summed E-state index contributed by atoms with van der Waals surface area (Å²) in [4.78, 5) is 10.1. The maximum absolute atomic E-state index is 10.7. The summed E-state index contributed by atoms with van der Waals surface area (Å²) in [6, 6.07) is 7.01. The van der Waals surface area contributed by atoms with Crippen molar-refractivity contribution in [2.75, 3.05) is 6.54 Å². The number of ether oxygens (including phenoxy) is 1. The van der Waals surface area contributed by atoms with E-state index in [9.17, 15) is 4.79 Å². The zero-order valence-electron chi connectivity index (χ0n) is 8.79. The van der Waals surface area contributed by atoms with Crippen LogP contribution in [0.4, 0.5) is 0 Å². The van der Waals surface area contributed by atoms with E-state index < -0.39 is 4.87 Å². The highest BCUT2D eigenvalue weighted by Gasteiger charge is 2.21. The molecule has 15 heavy (non-hydrogen) atoms. The van der Waals surface area contributed by atoms with Crippen LogP contribution in [-0.2, 0) is 9.67 Å². The van der Waals surface area contributed by atoms with Crippen LogP contribution in [0.1, 0.15) is 19.4 Å². The van der Waals surface area contributed by atoms with E-state index in [-0.39, 0.29) is 5.97 Å². The molecule has 82 valence electrons. The summed E-state index contributed by atoms with van der Waals surface area (Å²) < 4.78 is 4.90. The highest BCUT2D eigenvalue weighted by Crippen LogP contribution is 2.28. The predicted molar refractivity (Wildman–Crippen MR) is 60.0 cm³/mol. The lowest BCUT2D eigenvalue weighted by atomic mass is 10.0. The summed E-state index contributed by atoms with van der Waals surface area (Å²) in [6.07, 6.45) is 0. The summed E-state index contributed by atoms with van der Waals surface area (Å²) in [6.45, 7) is 3.55. The van der Waals surface area contributed by atoms with Gasteiger partial charge >= 0.3 is 5.97 Å². The number of carbonyl (C=O) groups excluding carboxylic acids is 1. The van der Waals surface area contributed by atoms with Crippen molar-refractivity contribution in [1.82, 2.24) is 0 Å². The summed E-state index contributed by atoms with van der Waals surface area (Å²) in [5.41, 5.74) is 6.44. The van der Waals surface area contributed by atoms with Crippen LogP contribution < -0.4 is 10.5 Å². The molecular formula is C11H14ClNO2. The quantitative estimate of drug-likeness (QED) is 0.488. The van der Waals surface area contributed by atoms with Crippen LogP contribution in [0.5, 0.6) is 5.75 Å². The molecule has 1 rings (SSSR count). The number of hydrogen-bond acceptors (Lipinski definition) is 3. The molecule has 0 saturated heterocycles. The second-order valence-corrected chi connectivity index (χ2v) is 4.35. The highest BCUT2D eigenvalue weighted by atomic mass is 35.5. The van der Waals surface area contributed by atoms with Gasteiger partial charge in [0.15, 0.2) is 0 Å². The molecule has 0 radical (unpaired) electrons. The van der Waals surface area contributed by atoms with Crippen LogP contribution in [-0.4, -0.2) is 12.5 Å². The molecule has 0 aromatic heterocycles. The Morgan fingerprint density at radius 3 is 2.40 bits per heavy atom. The van der Waals surface area contributed by atoms with Crippen molar-refractivity contribution in [2.45, 2.75) is 18.7 Å². The molecular weight excluding hydrogens is 214 g/mol. The van der Waals surface area contributed by atoms with Crippen LogP contribution in [0.15, 0.2) is 24.3 Å². The average Bonchev–Trinajstić information content (AvgIpc) is 2.18. The fourth-order valence-corrected chi connectivity index (χ4v) is 1.28. The molecule has 1 aromatic rings. The van der Waals surface area contributed by atoms with Crippen molar-refractivity contribution >= 4 is 17.6 Å². The Morgan fingerprint density at radius 1 is 1.47 bits per heavy atom. The van der Waals surface area contributed by atoms with Crippen molar-refractivity contribution in [2.24, 2.45) is 5.73 Å². The number of hydrogen-bond donors (Lipinski definition) is 1. The fourth-order valence-electron chi connectivity index (χ4n) is 1.15. The van der Waals surface area contributed by atoms with Gasteiger partial charge in [-0.05, 0) is 24.6 Å².